The van der Waals surface area contributed by atoms with Crippen molar-refractivity contribution in [1.82, 2.24) is 9.78 Å². The summed E-state index contributed by atoms with van der Waals surface area (Å²) in [6.07, 6.45) is 1.84. The van der Waals surface area contributed by atoms with E-state index >= 15 is 0 Å². The summed E-state index contributed by atoms with van der Waals surface area (Å²) in [6.45, 7) is 0.908. The van der Waals surface area contributed by atoms with Gasteiger partial charge in [-0.3, -0.25) is 9.48 Å². The smallest absolute Gasteiger partial charge is 0.256 e. The number of benzene rings is 3. The molecule has 1 amide bonds. The number of anilines is 1. The number of amides is 1. The van der Waals surface area contributed by atoms with Crippen molar-refractivity contribution in [3.63, 3.8) is 0 Å². The first-order valence-corrected chi connectivity index (χ1v) is 10.4. The molecule has 4 rings (SSSR count). The lowest BCUT2D eigenvalue weighted by molar-refractivity contribution is 0.102. The number of carbonyl (C=O) groups excluding carboxylic acids is 1. The highest BCUT2D eigenvalue weighted by Gasteiger charge is 2.10. The quantitative estimate of drug-likeness (QED) is 0.370. The van der Waals surface area contributed by atoms with E-state index in [9.17, 15) is 4.79 Å². The first-order chi connectivity index (χ1) is 15.1. The van der Waals surface area contributed by atoms with Crippen LogP contribution in [0.1, 0.15) is 21.5 Å². The molecule has 0 saturated heterocycles. The Balaban J connectivity index is 1.38. The molecule has 4 aromatic rings. The highest BCUT2D eigenvalue weighted by atomic mass is 35.5. The van der Waals surface area contributed by atoms with Crippen LogP contribution in [0.25, 0.3) is 0 Å². The molecule has 5 nitrogen and oxygen atoms in total. The highest BCUT2D eigenvalue weighted by molar-refractivity contribution is 6.35. The van der Waals surface area contributed by atoms with Crippen molar-refractivity contribution < 1.29 is 9.53 Å². The number of hydrogen-bond donors (Lipinski definition) is 1. The second kappa shape index (κ2) is 9.69. The van der Waals surface area contributed by atoms with Gasteiger partial charge in [0.2, 0.25) is 0 Å². The van der Waals surface area contributed by atoms with Gasteiger partial charge in [0, 0.05) is 22.8 Å². The maximum absolute atomic E-state index is 12.7. The lowest BCUT2D eigenvalue weighted by Crippen LogP contribution is -2.13. The van der Waals surface area contributed by atoms with Crippen molar-refractivity contribution in [3.8, 4) is 5.75 Å². The summed E-state index contributed by atoms with van der Waals surface area (Å²) in [5.74, 6) is 0.789. The molecule has 1 aromatic heterocycles. The van der Waals surface area contributed by atoms with Gasteiger partial charge in [-0.25, -0.2) is 0 Å². The minimum absolute atomic E-state index is 0.240. The normalized spacial score (nSPS) is 10.6. The average molecular weight is 452 g/mol. The van der Waals surface area contributed by atoms with Crippen LogP contribution in [0.15, 0.2) is 85.1 Å². The van der Waals surface area contributed by atoms with Crippen molar-refractivity contribution in [2.24, 2.45) is 0 Å². The predicted octanol–water partition coefficient (Wildman–Crippen LogP) is 6.07. The fourth-order valence-corrected chi connectivity index (χ4v) is 3.49. The molecular weight excluding hydrogens is 433 g/mol. The first kappa shape index (κ1) is 21.0. The summed E-state index contributed by atoms with van der Waals surface area (Å²) in [4.78, 5) is 12.7. The van der Waals surface area contributed by atoms with E-state index in [0.29, 0.717) is 33.7 Å². The van der Waals surface area contributed by atoms with Gasteiger partial charge in [0.1, 0.15) is 12.4 Å². The molecule has 0 spiro atoms. The van der Waals surface area contributed by atoms with E-state index in [1.54, 1.807) is 41.1 Å². The monoisotopic (exact) mass is 451 g/mol. The summed E-state index contributed by atoms with van der Waals surface area (Å²) in [5, 5.41) is 8.24. The Morgan fingerprint density at radius 3 is 2.55 bits per heavy atom. The Bertz CT molecular complexity index is 1190. The lowest BCUT2D eigenvalue weighted by Gasteiger charge is -2.09. The number of aromatic nitrogens is 2. The molecule has 0 saturated carbocycles. The molecule has 1 heterocycles. The van der Waals surface area contributed by atoms with Gasteiger partial charge < -0.3 is 10.1 Å². The molecule has 0 aliphatic carbocycles. The zero-order valence-electron chi connectivity index (χ0n) is 16.5. The van der Waals surface area contributed by atoms with Crippen LogP contribution in [0.3, 0.4) is 0 Å². The standard InChI is InChI=1S/C24H19Cl2N3O2/c25-20-9-10-22(21(26)14-20)31-16-18-7-4-8-19(13-18)24(30)27-23-11-12-29(28-23)15-17-5-2-1-3-6-17/h1-14H,15-16H2,(H,27,28,30). The Hall–Kier alpha value is -3.28. The number of nitrogens with one attached hydrogen (secondary N) is 1. The van der Waals surface area contributed by atoms with Crippen LogP contribution in [-0.2, 0) is 13.2 Å². The first-order valence-electron chi connectivity index (χ1n) is 9.62. The third-order valence-electron chi connectivity index (χ3n) is 4.55. The van der Waals surface area contributed by atoms with E-state index in [1.807, 2.05) is 48.7 Å². The van der Waals surface area contributed by atoms with E-state index in [2.05, 4.69) is 10.4 Å². The molecule has 0 aliphatic heterocycles. The zero-order chi connectivity index (χ0) is 21.6. The van der Waals surface area contributed by atoms with E-state index in [4.69, 9.17) is 27.9 Å². The number of hydrogen-bond acceptors (Lipinski definition) is 3. The molecule has 0 atom stereocenters. The second-order valence-electron chi connectivity index (χ2n) is 6.90. The van der Waals surface area contributed by atoms with E-state index < -0.39 is 0 Å². The number of carbonyl (C=O) groups is 1. The maximum atomic E-state index is 12.7. The molecule has 0 radical (unpaired) electrons. The third kappa shape index (κ3) is 5.66. The fraction of sp³-hybridized carbons (Fsp3) is 0.0833. The van der Waals surface area contributed by atoms with Crippen LogP contribution in [0.2, 0.25) is 10.0 Å². The van der Waals surface area contributed by atoms with Crippen molar-refractivity contribution in [2.45, 2.75) is 13.2 Å². The molecule has 31 heavy (non-hydrogen) atoms. The van der Waals surface area contributed by atoms with E-state index in [1.165, 1.54) is 0 Å². The van der Waals surface area contributed by atoms with Gasteiger partial charge in [0.25, 0.3) is 5.91 Å². The van der Waals surface area contributed by atoms with Gasteiger partial charge in [-0.05, 0) is 41.5 Å². The number of ether oxygens (including phenoxy) is 1. The molecule has 0 bridgehead atoms. The summed E-state index contributed by atoms with van der Waals surface area (Å²) in [5.41, 5.74) is 2.49. The number of nitrogens with zero attached hydrogens (tertiary/aromatic N) is 2. The van der Waals surface area contributed by atoms with Crippen LogP contribution in [0.4, 0.5) is 5.82 Å². The Morgan fingerprint density at radius 1 is 0.935 bits per heavy atom. The van der Waals surface area contributed by atoms with Crippen LogP contribution >= 0.6 is 23.2 Å². The topological polar surface area (TPSA) is 56.2 Å². The van der Waals surface area contributed by atoms with Crippen molar-refractivity contribution >= 4 is 34.9 Å². The molecule has 0 fully saturated rings. The van der Waals surface area contributed by atoms with Gasteiger partial charge >= 0.3 is 0 Å². The van der Waals surface area contributed by atoms with Crippen LogP contribution in [0, 0.1) is 0 Å². The Labute approximate surface area is 190 Å². The van der Waals surface area contributed by atoms with Crippen molar-refractivity contribution in [1.29, 1.82) is 0 Å². The van der Waals surface area contributed by atoms with E-state index in [0.717, 1.165) is 11.1 Å². The predicted molar refractivity (Wildman–Crippen MR) is 123 cm³/mol. The minimum atomic E-state index is -0.240. The highest BCUT2D eigenvalue weighted by Crippen LogP contribution is 2.28. The van der Waals surface area contributed by atoms with Gasteiger partial charge in [0.15, 0.2) is 5.82 Å². The van der Waals surface area contributed by atoms with Gasteiger partial charge in [-0.1, -0.05) is 65.7 Å². The summed E-state index contributed by atoms with van der Waals surface area (Å²) < 4.78 is 7.54. The molecule has 156 valence electrons. The SMILES string of the molecule is O=C(Nc1ccn(Cc2ccccc2)n1)c1cccc(COc2ccc(Cl)cc2Cl)c1. The number of rotatable bonds is 7. The molecule has 1 N–H and O–H groups in total. The average Bonchev–Trinajstić information content (AvgIpc) is 3.20. The van der Waals surface area contributed by atoms with Gasteiger partial charge in [-0.2, -0.15) is 5.10 Å². The van der Waals surface area contributed by atoms with E-state index in [-0.39, 0.29) is 12.5 Å². The summed E-state index contributed by atoms with van der Waals surface area (Å²) in [7, 11) is 0. The largest absolute Gasteiger partial charge is 0.487 e. The third-order valence-corrected chi connectivity index (χ3v) is 5.08. The Morgan fingerprint density at radius 2 is 1.74 bits per heavy atom. The summed E-state index contributed by atoms with van der Waals surface area (Å²) >= 11 is 12.0. The zero-order valence-corrected chi connectivity index (χ0v) is 18.0. The number of halogens is 2. The molecule has 0 aliphatic rings. The van der Waals surface area contributed by atoms with Crippen molar-refractivity contribution in [3.05, 3.63) is 112 Å². The van der Waals surface area contributed by atoms with Crippen LogP contribution < -0.4 is 10.1 Å². The second-order valence-corrected chi connectivity index (χ2v) is 7.75. The molecule has 3 aromatic carbocycles. The van der Waals surface area contributed by atoms with Crippen LogP contribution in [-0.4, -0.2) is 15.7 Å². The minimum Gasteiger partial charge on any atom is -0.487 e. The summed E-state index contributed by atoms with van der Waals surface area (Å²) in [6, 6.07) is 24.1. The van der Waals surface area contributed by atoms with Gasteiger partial charge in [0.05, 0.1) is 11.6 Å². The van der Waals surface area contributed by atoms with Crippen molar-refractivity contribution in [2.75, 3.05) is 5.32 Å². The molecular formula is C24H19Cl2N3O2. The molecule has 0 unspecified atom stereocenters. The van der Waals surface area contributed by atoms with Crippen LogP contribution in [0.5, 0.6) is 5.75 Å². The maximum Gasteiger partial charge on any atom is 0.256 e. The lowest BCUT2D eigenvalue weighted by atomic mass is 10.1. The fourth-order valence-electron chi connectivity index (χ4n) is 3.03. The van der Waals surface area contributed by atoms with Gasteiger partial charge in [-0.15, -0.1) is 0 Å². The molecule has 7 heteroatoms. The Kier molecular flexibility index (Phi) is 6.55.